The number of hydrogen-bond acceptors (Lipinski definition) is 4. The molecule has 0 unspecified atom stereocenters. The van der Waals surface area contributed by atoms with E-state index in [0.29, 0.717) is 34.4 Å². The standard InChI is InChI=1S/C74H52N6/c1-46-19-11-15-27-57(46)52-31-35-66-61(39-52)62-40-53(58-28-16-12-20-47(58)2)32-36-67(62)79(66)70-43-56(74-77-72(50-23-7-5-8-24-50)76-73(78-74)51-25-9-6-10-26-51)44-71(65(70)45-75)80-68-37-33-54(59-29-17-13-21-48(59)3)41-63(68)64-42-55(34-38-69(64)80)60-30-18-14-22-49(60)4/h5-44H,1-4H3. The minimum atomic E-state index is 0.485. The molecule has 0 saturated heterocycles. The molecule has 0 fully saturated rings. The van der Waals surface area contributed by atoms with Crippen LogP contribution in [-0.4, -0.2) is 24.1 Å². The van der Waals surface area contributed by atoms with Crippen LogP contribution in [0.3, 0.4) is 0 Å². The molecule has 6 nitrogen and oxygen atoms in total. The molecule has 378 valence electrons. The average molecular weight is 1030 g/mol. The van der Waals surface area contributed by atoms with Gasteiger partial charge in [-0.2, -0.15) is 5.26 Å². The molecule has 80 heavy (non-hydrogen) atoms. The smallest absolute Gasteiger partial charge is 0.164 e. The van der Waals surface area contributed by atoms with Gasteiger partial charge in [0.2, 0.25) is 0 Å². The van der Waals surface area contributed by atoms with Crippen LogP contribution >= 0.6 is 0 Å². The van der Waals surface area contributed by atoms with Gasteiger partial charge in [0.1, 0.15) is 11.6 Å². The zero-order valence-corrected chi connectivity index (χ0v) is 44.8. The fourth-order valence-electron chi connectivity index (χ4n) is 12.0. The van der Waals surface area contributed by atoms with E-state index < -0.39 is 0 Å². The second-order valence-electron chi connectivity index (χ2n) is 20.9. The second-order valence-corrected chi connectivity index (χ2v) is 20.9. The van der Waals surface area contributed by atoms with E-state index in [4.69, 9.17) is 15.0 Å². The first-order chi connectivity index (χ1) is 39.3. The summed E-state index contributed by atoms with van der Waals surface area (Å²) in [5, 5.41) is 16.4. The highest BCUT2D eigenvalue weighted by Gasteiger charge is 2.26. The van der Waals surface area contributed by atoms with E-state index in [0.717, 1.165) is 82.6 Å². The summed E-state index contributed by atoms with van der Waals surface area (Å²) in [5.41, 5.74) is 22.3. The van der Waals surface area contributed by atoms with Crippen molar-refractivity contribution < 1.29 is 0 Å². The van der Waals surface area contributed by atoms with Gasteiger partial charge >= 0.3 is 0 Å². The predicted octanol–water partition coefficient (Wildman–Crippen LogP) is 18.8. The molecule has 0 aliphatic heterocycles. The summed E-state index contributed by atoms with van der Waals surface area (Å²) >= 11 is 0. The van der Waals surface area contributed by atoms with Gasteiger partial charge in [-0.05, 0) is 155 Å². The number of nitrogens with zero attached hydrogens (tertiary/aromatic N) is 6. The van der Waals surface area contributed by atoms with Crippen LogP contribution in [0, 0.1) is 39.0 Å². The van der Waals surface area contributed by atoms with Crippen molar-refractivity contribution in [2.24, 2.45) is 0 Å². The van der Waals surface area contributed by atoms with Gasteiger partial charge < -0.3 is 9.13 Å². The van der Waals surface area contributed by atoms with Gasteiger partial charge in [0.25, 0.3) is 0 Å². The van der Waals surface area contributed by atoms with Crippen molar-refractivity contribution in [3.63, 3.8) is 0 Å². The summed E-state index contributed by atoms with van der Waals surface area (Å²) in [6, 6.07) is 88.5. The predicted molar refractivity (Wildman–Crippen MR) is 330 cm³/mol. The Hall–Kier alpha value is -10.5. The summed E-state index contributed by atoms with van der Waals surface area (Å²) in [4.78, 5) is 15.8. The van der Waals surface area contributed by atoms with E-state index in [1.807, 2.05) is 60.7 Å². The van der Waals surface area contributed by atoms with Crippen LogP contribution in [0.4, 0.5) is 0 Å². The molecule has 0 atom stereocenters. The maximum atomic E-state index is 12.1. The van der Waals surface area contributed by atoms with E-state index >= 15 is 0 Å². The van der Waals surface area contributed by atoms with Crippen molar-refractivity contribution in [2.75, 3.05) is 0 Å². The van der Waals surface area contributed by atoms with Gasteiger partial charge in [0.15, 0.2) is 17.5 Å². The number of hydrogen-bond donors (Lipinski definition) is 0. The highest BCUT2D eigenvalue weighted by molar-refractivity contribution is 6.14. The first-order valence-corrected chi connectivity index (χ1v) is 27.1. The van der Waals surface area contributed by atoms with Gasteiger partial charge in [0, 0.05) is 38.2 Å². The third-order valence-corrected chi connectivity index (χ3v) is 16.0. The van der Waals surface area contributed by atoms with E-state index in [-0.39, 0.29) is 0 Å². The number of benzene rings is 11. The van der Waals surface area contributed by atoms with Crippen molar-refractivity contribution in [2.45, 2.75) is 27.7 Å². The van der Waals surface area contributed by atoms with Crippen LogP contribution in [0.1, 0.15) is 27.8 Å². The summed E-state index contributed by atoms with van der Waals surface area (Å²) in [6.07, 6.45) is 0. The summed E-state index contributed by atoms with van der Waals surface area (Å²) < 4.78 is 4.58. The van der Waals surface area contributed by atoms with E-state index in [1.54, 1.807) is 0 Å². The molecule has 0 amide bonds. The molecule has 14 rings (SSSR count). The first kappa shape index (κ1) is 47.9. The Morgan fingerprint density at radius 2 is 0.562 bits per heavy atom. The Morgan fingerprint density at radius 1 is 0.287 bits per heavy atom. The topological polar surface area (TPSA) is 72.3 Å². The number of aryl methyl sites for hydroxylation is 4. The Bertz CT molecular complexity index is 4330. The van der Waals surface area contributed by atoms with Crippen molar-refractivity contribution in [1.29, 1.82) is 5.26 Å². The van der Waals surface area contributed by atoms with Crippen LogP contribution in [0.5, 0.6) is 0 Å². The molecule has 0 N–H and O–H groups in total. The fraction of sp³-hybridized carbons (Fsp3) is 0.0541. The Balaban J connectivity index is 1.11. The molecule has 0 aliphatic carbocycles. The molecule has 3 heterocycles. The van der Waals surface area contributed by atoms with Crippen LogP contribution in [0.25, 0.3) is 134 Å². The average Bonchev–Trinajstić information content (AvgIpc) is 4.23. The van der Waals surface area contributed by atoms with Crippen LogP contribution in [0.15, 0.2) is 243 Å². The monoisotopic (exact) mass is 1020 g/mol. The van der Waals surface area contributed by atoms with Gasteiger partial charge in [-0.15, -0.1) is 0 Å². The quantitative estimate of drug-likeness (QED) is 0.144. The minimum Gasteiger partial charge on any atom is -0.308 e. The third kappa shape index (κ3) is 8.15. The van der Waals surface area contributed by atoms with Crippen molar-refractivity contribution in [3.05, 3.63) is 270 Å². The van der Waals surface area contributed by atoms with Gasteiger partial charge in [-0.1, -0.05) is 182 Å². The zero-order valence-electron chi connectivity index (χ0n) is 44.8. The maximum Gasteiger partial charge on any atom is 0.164 e. The number of rotatable bonds is 9. The SMILES string of the molecule is Cc1ccccc1-c1ccc2c(c1)c1cc(-c3ccccc3C)ccc1n2-c1cc(-c2nc(-c3ccccc3)nc(-c3ccccc3)n2)cc(-n2c3ccc(-c4ccccc4C)cc3c3cc(-c4ccccc4C)ccc32)c1C#N. The third-order valence-electron chi connectivity index (χ3n) is 16.0. The van der Waals surface area contributed by atoms with E-state index in [1.165, 1.54) is 44.5 Å². The normalized spacial score (nSPS) is 11.5. The molecule has 0 saturated carbocycles. The fourth-order valence-corrected chi connectivity index (χ4v) is 12.0. The molecular formula is C74H52N6. The summed E-state index contributed by atoms with van der Waals surface area (Å²) in [6.45, 7) is 8.67. The summed E-state index contributed by atoms with van der Waals surface area (Å²) in [5.74, 6) is 1.59. The lowest BCUT2D eigenvalue weighted by Crippen LogP contribution is -2.07. The molecule has 0 radical (unpaired) electrons. The molecule has 11 aromatic carbocycles. The molecule has 3 aromatic heterocycles. The lowest BCUT2D eigenvalue weighted by atomic mass is 9.97. The van der Waals surface area contributed by atoms with Crippen molar-refractivity contribution in [3.8, 4) is 96.1 Å². The molecule has 0 spiro atoms. The van der Waals surface area contributed by atoms with Crippen LogP contribution < -0.4 is 0 Å². The highest BCUT2D eigenvalue weighted by atomic mass is 15.1. The number of fused-ring (bicyclic) bond motifs is 6. The second kappa shape index (κ2) is 19.5. The molecule has 6 heteroatoms. The van der Waals surface area contributed by atoms with Crippen molar-refractivity contribution >= 4 is 43.6 Å². The Labute approximate surface area is 464 Å². The van der Waals surface area contributed by atoms with E-state index in [2.05, 4.69) is 225 Å². The first-order valence-electron chi connectivity index (χ1n) is 27.1. The number of nitriles is 1. The molecular weight excluding hydrogens is 973 g/mol. The lowest BCUT2D eigenvalue weighted by molar-refractivity contribution is 1.06. The van der Waals surface area contributed by atoms with Crippen LogP contribution in [-0.2, 0) is 0 Å². The van der Waals surface area contributed by atoms with Gasteiger partial charge in [0.05, 0.1) is 33.4 Å². The maximum absolute atomic E-state index is 12.1. The van der Waals surface area contributed by atoms with E-state index in [9.17, 15) is 5.26 Å². The van der Waals surface area contributed by atoms with Gasteiger partial charge in [-0.3, -0.25) is 0 Å². The largest absolute Gasteiger partial charge is 0.308 e. The van der Waals surface area contributed by atoms with Gasteiger partial charge in [-0.25, -0.2) is 15.0 Å². The Kier molecular flexibility index (Phi) is 11.7. The summed E-state index contributed by atoms with van der Waals surface area (Å²) in [7, 11) is 0. The minimum absolute atomic E-state index is 0.485. The lowest BCUT2D eigenvalue weighted by Gasteiger charge is -2.19. The Morgan fingerprint density at radius 3 is 0.850 bits per heavy atom. The van der Waals surface area contributed by atoms with Crippen LogP contribution in [0.2, 0.25) is 0 Å². The highest BCUT2D eigenvalue weighted by Crippen LogP contribution is 2.44. The molecule has 0 bridgehead atoms. The van der Waals surface area contributed by atoms with Crippen molar-refractivity contribution in [1.82, 2.24) is 24.1 Å². The molecule has 14 aromatic rings. The number of aromatic nitrogens is 5. The zero-order chi connectivity index (χ0) is 54.0. The molecule has 0 aliphatic rings.